The molecular formula is C47H77O13P. The van der Waals surface area contributed by atoms with Crippen molar-refractivity contribution in [3.05, 3.63) is 85.1 Å². The normalized spacial score (nSPS) is 22.8. The van der Waals surface area contributed by atoms with Crippen molar-refractivity contribution in [3.63, 3.8) is 0 Å². The molecule has 1 rings (SSSR count). The Morgan fingerprint density at radius 3 is 1.48 bits per heavy atom. The fourth-order valence-electron chi connectivity index (χ4n) is 6.12. The van der Waals surface area contributed by atoms with E-state index >= 15 is 0 Å². The van der Waals surface area contributed by atoms with Crippen molar-refractivity contribution >= 4 is 19.8 Å². The summed E-state index contributed by atoms with van der Waals surface area (Å²) in [6.45, 7) is 3.08. The second kappa shape index (κ2) is 36.5. The molecule has 6 N–H and O–H groups in total. The van der Waals surface area contributed by atoms with E-state index in [1.165, 1.54) is 19.3 Å². The van der Waals surface area contributed by atoms with Crippen LogP contribution in [0.3, 0.4) is 0 Å². The Labute approximate surface area is 365 Å². The van der Waals surface area contributed by atoms with Gasteiger partial charge in [-0.3, -0.25) is 18.6 Å². The van der Waals surface area contributed by atoms with Crippen molar-refractivity contribution in [3.8, 4) is 0 Å². The van der Waals surface area contributed by atoms with Gasteiger partial charge in [-0.1, -0.05) is 131 Å². The van der Waals surface area contributed by atoms with Gasteiger partial charge in [0.05, 0.1) is 6.61 Å². The Balaban J connectivity index is 2.54. The number of carbonyl (C=O) groups excluding carboxylic acids is 2. The van der Waals surface area contributed by atoms with Gasteiger partial charge in [0.1, 0.15) is 43.2 Å². The van der Waals surface area contributed by atoms with Crippen LogP contribution in [0.5, 0.6) is 0 Å². The number of aliphatic hydroxyl groups excluding tert-OH is 5. The van der Waals surface area contributed by atoms with Gasteiger partial charge in [0, 0.05) is 12.8 Å². The lowest BCUT2D eigenvalue weighted by molar-refractivity contribution is -0.220. The maximum absolute atomic E-state index is 12.8. The highest BCUT2D eigenvalue weighted by atomic mass is 31.2. The van der Waals surface area contributed by atoms with E-state index in [9.17, 15) is 44.6 Å². The molecule has 0 aromatic carbocycles. The summed E-state index contributed by atoms with van der Waals surface area (Å²) in [7, 11) is -5.14. The number of allylic oxidation sites excluding steroid dienone is 14. The van der Waals surface area contributed by atoms with E-state index < -0.39 is 75.7 Å². The minimum absolute atomic E-state index is 0.0120. The van der Waals surface area contributed by atoms with E-state index in [1.807, 2.05) is 12.2 Å². The van der Waals surface area contributed by atoms with E-state index in [0.29, 0.717) is 19.3 Å². The van der Waals surface area contributed by atoms with Crippen LogP contribution in [0.15, 0.2) is 85.1 Å². The van der Waals surface area contributed by atoms with E-state index in [4.69, 9.17) is 18.5 Å². The lowest BCUT2D eigenvalue weighted by Gasteiger charge is -2.41. The number of aliphatic hydroxyl groups is 5. The lowest BCUT2D eigenvalue weighted by atomic mass is 9.85. The van der Waals surface area contributed by atoms with E-state index in [-0.39, 0.29) is 12.8 Å². The second-order valence-corrected chi connectivity index (χ2v) is 16.6. The van der Waals surface area contributed by atoms with Crippen LogP contribution in [0, 0.1) is 0 Å². The molecule has 13 nitrogen and oxygen atoms in total. The molecule has 0 amide bonds. The molecule has 0 aromatic heterocycles. The van der Waals surface area contributed by atoms with Crippen molar-refractivity contribution in [1.29, 1.82) is 0 Å². The number of phosphoric acid groups is 1. The fourth-order valence-corrected chi connectivity index (χ4v) is 7.09. The maximum Gasteiger partial charge on any atom is 0.472 e. The number of rotatable bonds is 35. The molecule has 0 spiro atoms. The molecule has 1 aliphatic carbocycles. The first kappa shape index (κ1) is 56.0. The third kappa shape index (κ3) is 29.1. The van der Waals surface area contributed by atoms with Crippen LogP contribution in [0.2, 0.25) is 0 Å². The summed E-state index contributed by atoms with van der Waals surface area (Å²) in [6.07, 6.45) is 33.6. The first-order valence-corrected chi connectivity index (χ1v) is 23.9. The first-order chi connectivity index (χ1) is 29.4. The molecule has 0 aliphatic heterocycles. The number of unbranched alkanes of at least 4 members (excludes halogenated alkanes) is 9. The third-order valence-corrected chi connectivity index (χ3v) is 10.7. The van der Waals surface area contributed by atoms with Crippen LogP contribution in [-0.4, -0.2) is 98.3 Å². The van der Waals surface area contributed by atoms with Gasteiger partial charge in [-0.2, -0.15) is 0 Å². The van der Waals surface area contributed by atoms with Gasteiger partial charge in [0.25, 0.3) is 0 Å². The van der Waals surface area contributed by atoms with E-state index in [1.54, 1.807) is 0 Å². The Morgan fingerprint density at radius 1 is 0.525 bits per heavy atom. The highest BCUT2D eigenvalue weighted by molar-refractivity contribution is 7.47. The van der Waals surface area contributed by atoms with Crippen molar-refractivity contribution < 1.29 is 63.1 Å². The molecule has 14 heteroatoms. The minimum atomic E-state index is -5.14. The molecular weight excluding hydrogens is 803 g/mol. The van der Waals surface area contributed by atoms with Crippen LogP contribution in [0.25, 0.3) is 0 Å². The minimum Gasteiger partial charge on any atom is -0.462 e. The van der Waals surface area contributed by atoms with Gasteiger partial charge in [0.15, 0.2) is 6.10 Å². The molecule has 0 saturated heterocycles. The SMILES string of the molecule is CC/C=C\C/C=C\C/C=C\CCCCCCCC(=O)OC[C@H](COP(=O)(O)OC1C(O)C(O)C(O)[C@@H](O)C1O)OC(=O)CCC/C=C\C/C=C\C/C=C\C/C=C\CCCCC. The molecule has 0 radical (unpaired) electrons. The van der Waals surface area contributed by atoms with Crippen LogP contribution < -0.4 is 0 Å². The Morgan fingerprint density at radius 2 is 0.951 bits per heavy atom. The van der Waals surface area contributed by atoms with Gasteiger partial charge in [-0.05, 0) is 83.5 Å². The summed E-state index contributed by atoms with van der Waals surface area (Å²) < 4.78 is 33.4. The van der Waals surface area contributed by atoms with Gasteiger partial charge in [-0.15, -0.1) is 0 Å². The van der Waals surface area contributed by atoms with Crippen LogP contribution in [-0.2, 0) is 32.7 Å². The highest BCUT2D eigenvalue weighted by Crippen LogP contribution is 2.47. The first-order valence-electron chi connectivity index (χ1n) is 22.4. The van der Waals surface area contributed by atoms with Crippen LogP contribution in [0.1, 0.15) is 142 Å². The largest absolute Gasteiger partial charge is 0.472 e. The monoisotopic (exact) mass is 881 g/mol. The van der Waals surface area contributed by atoms with Crippen molar-refractivity contribution in [2.24, 2.45) is 0 Å². The van der Waals surface area contributed by atoms with Crippen molar-refractivity contribution in [1.82, 2.24) is 0 Å². The number of hydrogen-bond acceptors (Lipinski definition) is 12. The standard InChI is InChI=1S/C47H77O13P/c1-3-5-7-9-11-13-15-17-19-20-22-24-26-28-30-32-34-36-41(49)59-39(38-58-61(55,56)60-47-45(53)43(51)42(50)44(52)46(47)54)37-57-40(48)35-33-31-29-27-25-23-21-18-16-14-12-10-8-6-4-2/h6,8,11-14,17-19,21-22,24,28,30,39,42-47,50-54H,3-5,7,9-10,15-16,20,23,25-27,29,31-38H2,1-2H3,(H,55,56)/b8-6-,13-11-,14-12-,19-17-,21-18-,24-22-,30-28-/t39-,42?,43-,44?,45?,46?,47?/m1/s1. The smallest absolute Gasteiger partial charge is 0.462 e. The second-order valence-electron chi connectivity index (χ2n) is 15.2. The molecule has 1 aliphatic rings. The Bertz CT molecular complexity index is 1390. The van der Waals surface area contributed by atoms with Gasteiger partial charge < -0.3 is 39.9 Å². The van der Waals surface area contributed by atoms with Crippen LogP contribution >= 0.6 is 7.82 Å². The molecule has 0 bridgehead atoms. The van der Waals surface area contributed by atoms with E-state index in [2.05, 4.69) is 86.8 Å². The van der Waals surface area contributed by atoms with Gasteiger partial charge in [0.2, 0.25) is 0 Å². The summed E-state index contributed by atoms with van der Waals surface area (Å²) in [5, 5.41) is 50.1. The van der Waals surface area contributed by atoms with Crippen molar-refractivity contribution in [2.45, 2.75) is 185 Å². The average molecular weight is 881 g/mol. The lowest BCUT2D eigenvalue weighted by Crippen LogP contribution is -2.64. The molecule has 61 heavy (non-hydrogen) atoms. The maximum atomic E-state index is 12.8. The summed E-state index contributed by atoms with van der Waals surface area (Å²) in [5.41, 5.74) is 0. The molecule has 0 heterocycles. The topological polar surface area (TPSA) is 210 Å². The van der Waals surface area contributed by atoms with Crippen molar-refractivity contribution in [2.75, 3.05) is 13.2 Å². The summed E-state index contributed by atoms with van der Waals surface area (Å²) >= 11 is 0. The summed E-state index contributed by atoms with van der Waals surface area (Å²) in [6, 6.07) is 0. The molecule has 1 saturated carbocycles. The zero-order valence-electron chi connectivity index (χ0n) is 36.7. The van der Waals surface area contributed by atoms with Crippen LogP contribution in [0.4, 0.5) is 0 Å². The predicted molar refractivity (Wildman–Crippen MR) is 239 cm³/mol. The van der Waals surface area contributed by atoms with E-state index in [0.717, 1.165) is 77.0 Å². The predicted octanol–water partition coefficient (Wildman–Crippen LogP) is 8.50. The Hall–Kier alpha value is -2.97. The molecule has 6 unspecified atom stereocenters. The summed E-state index contributed by atoms with van der Waals surface area (Å²) in [5.74, 6) is -1.19. The molecule has 1 fully saturated rings. The molecule has 8 atom stereocenters. The fraction of sp³-hybridized carbons (Fsp3) is 0.660. The summed E-state index contributed by atoms with van der Waals surface area (Å²) in [4.78, 5) is 35.6. The third-order valence-electron chi connectivity index (χ3n) is 9.72. The zero-order valence-corrected chi connectivity index (χ0v) is 37.6. The van der Waals surface area contributed by atoms with Gasteiger partial charge in [-0.25, -0.2) is 4.57 Å². The zero-order chi connectivity index (χ0) is 45.0. The van der Waals surface area contributed by atoms with Gasteiger partial charge >= 0.3 is 19.8 Å². The highest BCUT2D eigenvalue weighted by Gasteiger charge is 2.51. The number of esters is 2. The number of ether oxygens (including phenoxy) is 2. The number of phosphoric ester groups is 1. The number of carbonyl (C=O) groups is 2. The molecule has 348 valence electrons. The quantitative estimate of drug-likeness (QED) is 0.0153. The average Bonchev–Trinajstić information content (AvgIpc) is 3.24. The Kier molecular flexibility index (Phi) is 33.5. The number of hydrogen-bond donors (Lipinski definition) is 6. The molecule has 0 aromatic rings.